The third kappa shape index (κ3) is 5.34. The molecule has 0 heterocycles. The van der Waals surface area contributed by atoms with Gasteiger partial charge in [-0.2, -0.15) is 0 Å². The topological polar surface area (TPSA) is 26.0 Å². The Morgan fingerprint density at radius 2 is 1.88 bits per heavy atom. The molecule has 96 valence electrons. The Balaban J connectivity index is 2.16. The summed E-state index contributed by atoms with van der Waals surface area (Å²) < 4.78 is 0. The van der Waals surface area contributed by atoms with E-state index in [0.29, 0.717) is 6.04 Å². The lowest BCUT2D eigenvalue weighted by atomic mass is 9.88. The highest BCUT2D eigenvalue weighted by atomic mass is 14.6. The van der Waals surface area contributed by atoms with Crippen molar-refractivity contribution in [3.05, 3.63) is 0 Å². The minimum absolute atomic E-state index is 0.477. The lowest BCUT2D eigenvalue weighted by Crippen LogP contribution is -2.26. The second kappa shape index (κ2) is 8.11. The number of unbranched alkanes of at least 4 members (excludes halogenated alkanes) is 1. The van der Waals surface area contributed by atoms with Crippen LogP contribution in [0.25, 0.3) is 0 Å². The van der Waals surface area contributed by atoms with Gasteiger partial charge in [-0.1, -0.05) is 65.2 Å². The number of hydrogen-bond acceptors (Lipinski definition) is 1. The molecule has 16 heavy (non-hydrogen) atoms. The van der Waals surface area contributed by atoms with Crippen molar-refractivity contribution in [1.82, 2.24) is 0 Å². The predicted octanol–water partition coefficient (Wildman–Crippen LogP) is 4.50. The van der Waals surface area contributed by atoms with Gasteiger partial charge in [0.1, 0.15) is 0 Å². The molecule has 1 fully saturated rings. The van der Waals surface area contributed by atoms with E-state index in [1.807, 2.05) is 0 Å². The SMILES string of the molecule is CCCCC(CC)CC(N)CC1CCCC1. The highest BCUT2D eigenvalue weighted by Gasteiger charge is 2.19. The van der Waals surface area contributed by atoms with Crippen molar-refractivity contribution in [1.29, 1.82) is 0 Å². The normalized spacial score (nSPS) is 21.2. The molecular weight excluding hydrogens is 194 g/mol. The van der Waals surface area contributed by atoms with E-state index in [4.69, 9.17) is 5.73 Å². The van der Waals surface area contributed by atoms with E-state index >= 15 is 0 Å². The molecular formula is C15H31N. The van der Waals surface area contributed by atoms with Gasteiger partial charge in [-0.15, -0.1) is 0 Å². The Morgan fingerprint density at radius 3 is 2.44 bits per heavy atom. The summed E-state index contributed by atoms with van der Waals surface area (Å²) in [6.07, 6.45) is 13.8. The third-order valence-electron chi connectivity index (χ3n) is 4.29. The lowest BCUT2D eigenvalue weighted by molar-refractivity contribution is 0.342. The Labute approximate surface area is 102 Å². The molecule has 0 aliphatic heterocycles. The maximum atomic E-state index is 6.30. The first-order valence-corrected chi connectivity index (χ1v) is 7.51. The van der Waals surface area contributed by atoms with Crippen LogP contribution in [0, 0.1) is 11.8 Å². The van der Waals surface area contributed by atoms with Crippen LogP contribution in [0.5, 0.6) is 0 Å². The van der Waals surface area contributed by atoms with E-state index < -0.39 is 0 Å². The number of hydrogen-bond donors (Lipinski definition) is 1. The minimum atomic E-state index is 0.477. The monoisotopic (exact) mass is 225 g/mol. The average molecular weight is 225 g/mol. The summed E-state index contributed by atoms with van der Waals surface area (Å²) in [6.45, 7) is 4.60. The van der Waals surface area contributed by atoms with Crippen LogP contribution in [0.15, 0.2) is 0 Å². The molecule has 0 bridgehead atoms. The summed E-state index contributed by atoms with van der Waals surface area (Å²) in [5.41, 5.74) is 6.30. The fourth-order valence-corrected chi connectivity index (χ4v) is 3.18. The van der Waals surface area contributed by atoms with Crippen LogP contribution in [-0.4, -0.2) is 6.04 Å². The van der Waals surface area contributed by atoms with Gasteiger partial charge in [0, 0.05) is 6.04 Å². The van der Waals surface area contributed by atoms with Crippen molar-refractivity contribution in [2.75, 3.05) is 0 Å². The van der Waals surface area contributed by atoms with Crippen LogP contribution < -0.4 is 5.73 Å². The summed E-state index contributed by atoms with van der Waals surface area (Å²) in [5, 5.41) is 0. The van der Waals surface area contributed by atoms with Crippen molar-refractivity contribution in [3.63, 3.8) is 0 Å². The molecule has 2 atom stereocenters. The molecule has 1 aliphatic carbocycles. The molecule has 0 aromatic rings. The van der Waals surface area contributed by atoms with Crippen LogP contribution in [0.2, 0.25) is 0 Å². The molecule has 0 radical (unpaired) electrons. The van der Waals surface area contributed by atoms with Crippen molar-refractivity contribution >= 4 is 0 Å². The van der Waals surface area contributed by atoms with Crippen LogP contribution in [0.1, 0.15) is 78.1 Å². The van der Waals surface area contributed by atoms with E-state index in [1.165, 1.54) is 64.2 Å². The molecule has 1 heteroatoms. The molecule has 1 nitrogen and oxygen atoms in total. The van der Waals surface area contributed by atoms with Crippen molar-refractivity contribution < 1.29 is 0 Å². The molecule has 0 amide bonds. The Morgan fingerprint density at radius 1 is 1.19 bits per heavy atom. The maximum absolute atomic E-state index is 6.30. The molecule has 1 saturated carbocycles. The smallest absolute Gasteiger partial charge is 0.00441 e. The summed E-state index contributed by atoms with van der Waals surface area (Å²) >= 11 is 0. The van der Waals surface area contributed by atoms with E-state index in [2.05, 4.69) is 13.8 Å². The van der Waals surface area contributed by atoms with Gasteiger partial charge in [-0.25, -0.2) is 0 Å². The molecule has 0 saturated heterocycles. The zero-order valence-electron chi connectivity index (χ0n) is 11.4. The molecule has 2 N–H and O–H groups in total. The fourth-order valence-electron chi connectivity index (χ4n) is 3.18. The van der Waals surface area contributed by atoms with Gasteiger partial charge >= 0.3 is 0 Å². The van der Waals surface area contributed by atoms with Gasteiger partial charge in [0.05, 0.1) is 0 Å². The zero-order valence-corrected chi connectivity index (χ0v) is 11.4. The zero-order chi connectivity index (χ0) is 11.8. The predicted molar refractivity (Wildman–Crippen MR) is 72.5 cm³/mol. The first kappa shape index (κ1) is 14.0. The van der Waals surface area contributed by atoms with E-state index in [0.717, 1.165) is 11.8 Å². The summed E-state index contributed by atoms with van der Waals surface area (Å²) in [7, 11) is 0. The standard InChI is InChI=1S/C15H31N/c1-3-5-8-13(4-2)11-15(16)12-14-9-6-7-10-14/h13-15H,3-12,16H2,1-2H3. The maximum Gasteiger partial charge on any atom is 0.00441 e. The van der Waals surface area contributed by atoms with Gasteiger partial charge in [0.15, 0.2) is 0 Å². The van der Waals surface area contributed by atoms with Crippen molar-refractivity contribution in [2.24, 2.45) is 17.6 Å². The first-order valence-electron chi connectivity index (χ1n) is 7.51. The molecule has 1 aliphatic rings. The van der Waals surface area contributed by atoms with Crippen LogP contribution in [-0.2, 0) is 0 Å². The minimum Gasteiger partial charge on any atom is -0.328 e. The largest absolute Gasteiger partial charge is 0.328 e. The van der Waals surface area contributed by atoms with Crippen LogP contribution >= 0.6 is 0 Å². The highest BCUT2D eigenvalue weighted by Crippen LogP contribution is 2.30. The second-order valence-corrected chi connectivity index (χ2v) is 5.80. The molecule has 0 aromatic carbocycles. The van der Waals surface area contributed by atoms with E-state index in [-0.39, 0.29) is 0 Å². The van der Waals surface area contributed by atoms with Gasteiger partial charge in [0.2, 0.25) is 0 Å². The quantitative estimate of drug-likeness (QED) is 0.646. The van der Waals surface area contributed by atoms with Gasteiger partial charge in [-0.3, -0.25) is 0 Å². The summed E-state index contributed by atoms with van der Waals surface area (Å²) in [5.74, 6) is 1.84. The van der Waals surface area contributed by atoms with Gasteiger partial charge < -0.3 is 5.73 Å². The van der Waals surface area contributed by atoms with Crippen molar-refractivity contribution in [2.45, 2.75) is 84.1 Å². The molecule has 0 aromatic heterocycles. The first-order chi connectivity index (χ1) is 7.76. The molecule has 2 unspecified atom stereocenters. The number of nitrogens with two attached hydrogens (primary N) is 1. The molecule has 0 spiro atoms. The highest BCUT2D eigenvalue weighted by molar-refractivity contribution is 4.75. The lowest BCUT2D eigenvalue weighted by Gasteiger charge is -2.21. The third-order valence-corrected chi connectivity index (χ3v) is 4.29. The molecule has 1 rings (SSSR count). The van der Waals surface area contributed by atoms with Crippen LogP contribution in [0.4, 0.5) is 0 Å². The van der Waals surface area contributed by atoms with Gasteiger partial charge in [-0.05, 0) is 24.7 Å². The Kier molecular flexibility index (Phi) is 7.11. The average Bonchev–Trinajstić information content (AvgIpc) is 2.76. The summed E-state index contributed by atoms with van der Waals surface area (Å²) in [4.78, 5) is 0. The van der Waals surface area contributed by atoms with Crippen molar-refractivity contribution in [3.8, 4) is 0 Å². The second-order valence-electron chi connectivity index (χ2n) is 5.80. The fraction of sp³-hybridized carbons (Fsp3) is 1.00. The van der Waals surface area contributed by atoms with Gasteiger partial charge in [0.25, 0.3) is 0 Å². The van der Waals surface area contributed by atoms with E-state index in [1.54, 1.807) is 0 Å². The Bertz CT molecular complexity index is 161. The van der Waals surface area contributed by atoms with E-state index in [9.17, 15) is 0 Å². The summed E-state index contributed by atoms with van der Waals surface area (Å²) in [6, 6.07) is 0.477. The Hall–Kier alpha value is -0.0400. The van der Waals surface area contributed by atoms with Crippen LogP contribution in [0.3, 0.4) is 0 Å². The number of rotatable bonds is 8.